The summed E-state index contributed by atoms with van der Waals surface area (Å²) in [6.45, 7) is 3.86. The second kappa shape index (κ2) is 7.17. The fourth-order valence-electron chi connectivity index (χ4n) is 1.09. The van der Waals surface area contributed by atoms with Gasteiger partial charge in [0.25, 0.3) is 0 Å². The molecule has 1 unspecified atom stereocenters. The molecule has 0 rings (SSSR count). The van der Waals surface area contributed by atoms with Crippen molar-refractivity contribution >= 4 is 11.7 Å². The van der Waals surface area contributed by atoms with E-state index in [4.69, 9.17) is 10.9 Å². The molecule has 14 heavy (non-hydrogen) atoms. The molecule has 5 heteroatoms. The summed E-state index contributed by atoms with van der Waals surface area (Å²) in [4.78, 5) is 11.2. The molecule has 0 aliphatic carbocycles. The lowest BCUT2D eigenvalue weighted by atomic mass is 10.2. The van der Waals surface area contributed by atoms with Crippen LogP contribution in [0.2, 0.25) is 0 Å². The van der Waals surface area contributed by atoms with Crippen LogP contribution in [0.3, 0.4) is 0 Å². The van der Waals surface area contributed by atoms with Crippen molar-refractivity contribution in [3.63, 3.8) is 0 Å². The van der Waals surface area contributed by atoms with Gasteiger partial charge in [-0.15, -0.1) is 0 Å². The molecule has 1 atom stereocenters. The van der Waals surface area contributed by atoms with Crippen LogP contribution in [-0.2, 0) is 4.79 Å². The van der Waals surface area contributed by atoms with Crippen LogP contribution in [0.25, 0.3) is 0 Å². The normalized spacial score (nSPS) is 13.7. The van der Waals surface area contributed by atoms with Crippen molar-refractivity contribution in [2.45, 2.75) is 45.6 Å². The number of amides is 1. The van der Waals surface area contributed by atoms with Crippen LogP contribution in [0, 0.1) is 0 Å². The average Bonchev–Trinajstić information content (AvgIpc) is 2.14. The zero-order chi connectivity index (χ0) is 11.0. The summed E-state index contributed by atoms with van der Waals surface area (Å²) >= 11 is 0. The third kappa shape index (κ3) is 6.28. The topological polar surface area (TPSA) is 87.7 Å². The van der Waals surface area contributed by atoms with Gasteiger partial charge >= 0.3 is 0 Å². The predicted molar refractivity (Wildman–Crippen MR) is 55.2 cm³/mol. The van der Waals surface area contributed by atoms with E-state index in [2.05, 4.69) is 10.5 Å². The van der Waals surface area contributed by atoms with Gasteiger partial charge in [-0.25, -0.2) is 0 Å². The van der Waals surface area contributed by atoms with Gasteiger partial charge in [0.15, 0.2) is 0 Å². The molecular formula is C9H19N3O2. The number of nitrogens with one attached hydrogen (secondary N) is 1. The van der Waals surface area contributed by atoms with E-state index < -0.39 is 0 Å². The van der Waals surface area contributed by atoms with Crippen molar-refractivity contribution in [3.05, 3.63) is 0 Å². The van der Waals surface area contributed by atoms with Gasteiger partial charge in [0.2, 0.25) is 5.91 Å². The van der Waals surface area contributed by atoms with Gasteiger partial charge in [-0.1, -0.05) is 18.5 Å². The molecule has 0 bridgehead atoms. The van der Waals surface area contributed by atoms with Crippen LogP contribution in [0.5, 0.6) is 0 Å². The Morgan fingerprint density at radius 3 is 2.79 bits per heavy atom. The quantitative estimate of drug-likeness (QED) is 0.257. The monoisotopic (exact) mass is 201 g/mol. The molecule has 0 aliphatic rings. The Balaban J connectivity index is 3.71. The molecular weight excluding hydrogens is 182 g/mol. The first-order valence-electron chi connectivity index (χ1n) is 4.85. The van der Waals surface area contributed by atoms with Crippen molar-refractivity contribution in [3.8, 4) is 0 Å². The van der Waals surface area contributed by atoms with Crippen molar-refractivity contribution in [1.29, 1.82) is 0 Å². The zero-order valence-electron chi connectivity index (χ0n) is 8.79. The molecule has 0 saturated heterocycles. The van der Waals surface area contributed by atoms with Gasteiger partial charge in [-0.2, -0.15) is 0 Å². The Labute approximate surface area is 84.4 Å². The van der Waals surface area contributed by atoms with Gasteiger partial charge in [-0.05, 0) is 13.3 Å². The molecule has 0 saturated carbocycles. The lowest BCUT2D eigenvalue weighted by Crippen LogP contribution is -2.35. The van der Waals surface area contributed by atoms with E-state index in [1.807, 2.05) is 13.8 Å². The Hall–Kier alpha value is -1.26. The van der Waals surface area contributed by atoms with Crippen LogP contribution in [0.4, 0.5) is 0 Å². The number of hydrogen-bond acceptors (Lipinski definition) is 3. The molecule has 0 aromatic heterocycles. The van der Waals surface area contributed by atoms with Crippen molar-refractivity contribution in [2.24, 2.45) is 10.9 Å². The van der Waals surface area contributed by atoms with Crippen LogP contribution in [-0.4, -0.2) is 23.0 Å². The summed E-state index contributed by atoms with van der Waals surface area (Å²) in [6, 6.07) is -0.0877. The lowest BCUT2D eigenvalue weighted by Gasteiger charge is -2.12. The first kappa shape index (κ1) is 12.7. The minimum absolute atomic E-state index is 0.0186. The largest absolute Gasteiger partial charge is 0.409 e. The fourth-order valence-corrected chi connectivity index (χ4v) is 1.09. The van der Waals surface area contributed by atoms with Gasteiger partial charge < -0.3 is 16.3 Å². The molecule has 0 aromatic carbocycles. The van der Waals surface area contributed by atoms with E-state index in [0.717, 1.165) is 12.8 Å². The summed E-state index contributed by atoms with van der Waals surface area (Å²) < 4.78 is 0. The highest BCUT2D eigenvalue weighted by Crippen LogP contribution is 1.96. The van der Waals surface area contributed by atoms with Gasteiger partial charge in [0.1, 0.15) is 5.84 Å². The Morgan fingerprint density at radius 1 is 1.64 bits per heavy atom. The number of rotatable bonds is 6. The van der Waals surface area contributed by atoms with E-state index in [0.29, 0.717) is 12.8 Å². The van der Waals surface area contributed by atoms with E-state index in [-0.39, 0.29) is 17.8 Å². The standard InChI is InChI=1S/C9H19N3O2/c1-3-4-5-9(13)11-7(2)6-8(10)12-14/h7,14H,3-6H2,1-2H3,(H2,10,12)(H,11,13). The number of carbonyl (C=O) groups is 1. The number of unbranched alkanes of at least 4 members (excludes halogenated alkanes) is 1. The summed E-state index contributed by atoms with van der Waals surface area (Å²) in [5.74, 6) is 0.151. The highest BCUT2D eigenvalue weighted by Gasteiger charge is 2.08. The van der Waals surface area contributed by atoms with Crippen molar-refractivity contribution < 1.29 is 10.0 Å². The van der Waals surface area contributed by atoms with E-state index >= 15 is 0 Å². The SMILES string of the molecule is CCCCC(=O)NC(C)CC(N)=NO. The maximum atomic E-state index is 11.2. The van der Waals surface area contributed by atoms with Gasteiger partial charge in [0.05, 0.1) is 0 Å². The molecule has 1 amide bonds. The van der Waals surface area contributed by atoms with Crippen molar-refractivity contribution in [1.82, 2.24) is 5.32 Å². The Kier molecular flexibility index (Phi) is 6.53. The molecule has 82 valence electrons. The maximum Gasteiger partial charge on any atom is 0.220 e. The van der Waals surface area contributed by atoms with E-state index in [1.54, 1.807) is 0 Å². The molecule has 5 nitrogen and oxygen atoms in total. The third-order valence-electron chi connectivity index (χ3n) is 1.81. The van der Waals surface area contributed by atoms with E-state index in [1.165, 1.54) is 0 Å². The molecule has 0 aliphatic heterocycles. The van der Waals surface area contributed by atoms with E-state index in [9.17, 15) is 4.79 Å². The molecule has 0 fully saturated rings. The lowest BCUT2D eigenvalue weighted by molar-refractivity contribution is -0.121. The second-order valence-corrected chi connectivity index (χ2v) is 3.37. The predicted octanol–water partition coefficient (Wildman–Crippen LogP) is 0.818. The number of amidine groups is 1. The smallest absolute Gasteiger partial charge is 0.220 e. The minimum Gasteiger partial charge on any atom is -0.409 e. The molecule has 0 aromatic rings. The first-order valence-corrected chi connectivity index (χ1v) is 4.85. The number of carbonyl (C=O) groups excluding carboxylic acids is 1. The van der Waals surface area contributed by atoms with Gasteiger partial charge in [-0.3, -0.25) is 4.79 Å². The number of hydrogen-bond donors (Lipinski definition) is 3. The third-order valence-corrected chi connectivity index (χ3v) is 1.81. The summed E-state index contributed by atoms with van der Waals surface area (Å²) in [7, 11) is 0. The Bertz CT molecular complexity index is 204. The fraction of sp³-hybridized carbons (Fsp3) is 0.778. The highest BCUT2D eigenvalue weighted by atomic mass is 16.4. The van der Waals surface area contributed by atoms with Crippen LogP contribution in [0.15, 0.2) is 5.16 Å². The molecule has 0 spiro atoms. The first-order chi connectivity index (χ1) is 6.60. The maximum absolute atomic E-state index is 11.2. The average molecular weight is 201 g/mol. The summed E-state index contributed by atoms with van der Waals surface area (Å²) in [5, 5.41) is 13.9. The zero-order valence-corrected chi connectivity index (χ0v) is 8.79. The molecule has 0 radical (unpaired) electrons. The van der Waals surface area contributed by atoms with Crippen molar-refractivity contribution in [2.75, 3.05) is 0 Å². The van der Waals surface area contributed by atoms with Crippen LogP contribution < -0.4 is 11.1 Å². The molecule has 4 N–H and O–H groups in total. The van der Waals surface area contributed by atoms with Gasteiger partial charge in [0, 0.05) is 18.9 Å². The summed E-state index contributed by atoms with van der Waals surface area (Å²) in [5.41, 5.74) is 5.30. The Morgan fingerprint density at radius 2 is 2.29 bits per heavy atom. The summed E-state index contributed by atoms with van der Waals surface area (Å²) in [6.07, 6.45) is 2.80. The highest BCUT2D eigenvalue weighted by molar-refractivity contribution is 5.81. The molecule has 0 heterocycles. The van der Waals surface area contributed by atoms with Crippen LogP contribution >= 0.6 is 0 Å². The minimum atomic E-state index is -0.0877. The number of oxime groups is 1. The number of nitrogens with two attached hydrogens (primary N) is 1. The second-order valence-electron chi connectivity index (χ2n) is 3.37. The van der Waals surface area contributed by atoms with Crippen LogP contribution in [0.1, 0.15) is 39.5 Å². The number of nitrogens with zero attached hydrogens (tertiary/aromatic N) is 1.